The molecule has 2 aromatic heterocycles. The quantitative estimate of drug-likeness (QED) is 0.821. The van der Waals surface area contributed by atoms with Crippen LogP contribution in [-0.2, 0) is 17.8 Å². The summed E-state index contributed by atoms with van der Waals surface area (Å²) in [5, 5.41) is 6.66. The van der Waals surface area contributed by atoms with Gasteiger partial charge in [0.1, 0.15) is 12.1 Å². The molecule has 0 radical (unpaired) electrons. The van der Waals surface area contributed by atoms with E-state index in [4.69, 9.17) is 9.26 Å². The first-order valence-corrected chi connectivity index (χ1v) is 10.3. The summed E-state index contributed by atoms with van der Waals surface area (Å²) in [4.78, 5) is 20.9. The largest absolute Gasteiger partial charge is 0.444 e. The Morgan fingerprint density at radius 2 is 2.00 bits per heavy atom. The summed E-state index contributed by atoms with van der Waals surface area (Å²) in [5.41, 5.74) is -0.537. The molecule has 1 aliphatic heterocycles. The molecule has 8 heteroatoms. The van der Waals surface area contributed by atoms with Crippen LogP contribution < -0.4 is 5.32 Å². The monoisotopic (exact) mass is 392 g/mol. The molecule has 0 bridgehead atoms. The Balaban J connectivity index is 1.53. The molecule has 3 heterocycles. The van der Waals surface area contributed by atoms with Crippen LogP contribution in [0.1, 0.15) is 57.2 Å². The van der Waals surface area contributed by atoms with E-state index in [1.807, 2.05) is 26.8 Å². The van der Waals surface area contributed by atoms with Gasteiger partial charge in [-0.25, -0.2) is 4.79 Å². The number of hydrogen-bond acceptors (Lipinski definition) is 7. The summed E-state index contributed by atoms with van der Waals surface area (Å²) in [5.74, 6) is 0.918. The fourth-order valence-electron chi connectivity index (χ4n) is 2.99. The number of ether oxygens (including phenoxy) is 1. The third kappa shape index (κ3) is 6.32. The molecule has 0 saturated carbocycles. The van der Waals surface area contributed by atoms with Gasteiger partial charge in [0.15, 0.2) is 0 Å². The van der Waals surface area contributed by atoms with Gasteiger partial charge in [-0.15, -0.1) is 11.3 Å². The number of hydrogen-bond donors (Lipinski definition) is 1. The molecule has 0 aliphatic carbocycles. The molecule has 27 heavy (non-hydrogen) atoms. The molecule has 1 amide bonds. The standard InChI is InChI=1S/C19H28N4O3S/c1-19(2,3)25-18(24)20-12-16-21-17(22-26-16)15-9-8-14(27-15)13-23-10-6-4-5-7-11-23/h8-9H,4-7,10-13H2,1-3H3,(H,20,24). The fraction of sp³-hybridized carbons (Fsp3) is 0.632. The zero-order chi connectivity index (χ0) is 19.3. The minimum atomic E-state index is -0.537. The second-order valence-electron chi connectivity index (χ2n) is 7.82. The summed E-state index contributed by atoms with van der Waals surface area (Å²) in [7, 11) is 0. The van der Waals surface area contributed by atoms with E-state index in [1.165, 1.54) is 43.6 Å². The van der Waals surface area contributed by atoms with Crippen LogP contribution in [0.4, 0.5) is 4.79 Å². The summed E-state index contributed by atoms with van der Waals surface area (Å²) in [6, 6.07) is 4.17. The number of alkyl carbamates (subject to hydrolysis) is 1. The summed E-state index contributed by atoms with van der Waals surface area (Å²) < 4.78 is 10.4. The molecular weight excluding hydrogens is 364 g/mol. The highest BCUT2D eigenvalue weighted by Gasteiger charge is 2.18. The normalized spacial score (nSPS) is 16.1. The molecule has 1 aliphatic rings. The second-order valence-corrected chi connectivity index (χ2v) is 8.99. The van der Waals surface area contributed by atoms with Crippen LogP contribution in [0.15, 0.2) is 16.7 Å². The van der Waals surface area contributed by atoms with E-state index in [0.29, 0.717) is 11.7 Å². The summed E-state index contributed by atoms with van der Waals surface area (Å²) in [6.07, 6.45) is 4.76. The van der Waals surface area contributed by atoms with Crippen molar-refractivity contribution in [2.75, 3.05) is 13.1 Å². The van der Waals surface area contributed by atoms with Crippen molar-refractivity contribution in [3.8, 4) is 10.7 Å². The van der Waals surface area contributed by atoms with Crippen LogP contribution in [0.5, 0.6) is 0 Å². The smallest absolute Gasteiger partial charge is 0.408 e. The lowest BCUT2D eigenvalue weighted by molar-refractivity contribution is 0.0518. The van der Waals surface area contributed by atoms with Crippen LogP contribution >= 0.6 is 11.3 Å². The molecule has 1 fully saturated rings. The average Bonchev–Trinajstić information content (AvgIpc) is 3.16. The minimum Gasteiger partial charge on any atom is -0.444 e. The van der Waals surface area contributed by atoms with Gasteiger partial charge >= 0.3 is 6.09 Å². The highest BCUT2D eigenvalue weighted by molar-refractivity contribution is 7.15. The van der Waals surface area contributed by atoms with E-state index in [0.717, 1.165) is 11.4 Å². The lowest BCUT2D eigenvalue weighted by Gasteiger charge is -2.19. The first-order valence-electron chi connectivity index (χ1n) is 9.50. The number of carbonyl (C=O) groups excluding carboxylic acids is 1. The molecule has 0 aromatic carbocycles. The van der Waals surface area contributed by atoms with Gasteiger partial charge in [0.2, 0.25) is 11.7 Å². The van der Waals surface area contributed by atoms with Crippen LogP contribution in [-0.4, -0.2) is 39.8 Å². The lowest BCUT2D eigenvalue weighted by atomic mass is 10.2. The lowest BCUT2D eigenvalue weighted by Crippen LogP contribution is -2.32. The molecule has 2 aromatic rings. The first kappa shape index (κ1) is 19.8. The van der Waals surface area contributed by atoms with Gasteiger partial charge in [-0.05, 0) is 58.8 Å². The highest BCUT2D eigenvalue weighted by Crippen LogP contribution is 2.27. The van der Waals surface area contributed by atoms with E-state index >= 15 is 0 Å². The average molecular weight is 393 g/mol. The predicted molar refractivity (Wildman–Crippen MR) is 104 cm³/mol. The molecule has 0 atom stereocenters. The van der Waals surface area contributed by atoms with Crippen molar-refractivity contribution in [1.82, 2.24) is 20.4 Å². The maximum atomic E-state index is 11.7. The molecule has 0 spiro atoms. The Morgan fingerprint density at radius 3 is 2.70 bits per heavy atom. The maximum absolute atomic E-state index is 11.7. The summed E-state index contributed by atoms with van der Waals surface area (Å²) in [6.45, 7) is 8.93. The number of nitrogens with zero attached hydrogens (tertiary/aromatic N) is 3. The number of amides is 1. The van der Waals surface area contributed by atoms with Crippen molar-refractivity contribution >= 4 is 17.4 Å². The number of likely N-dealkylation sites (tertiary alicyclic amines) is 1. The zero-order valence-electron chi connectivity index (χ0n) is 16.3. The summed E-state index contributed by atoms with van der Waals surface area (Å²) >= 11 is 1.69. The Labute approximate surface area is 164 Å². The van der Waals surface area contributed by atoms with E-state index in [-0.39, 0.29) is 6.54 Å². The van der Waals surface area contributed by atoms with Crippen molar-refractivity contribution in [2.45, 2.75) is 65.1 Å². The Kier molecular flexibility index (Phi) is 6.49. The van der Waals surface area contributed by atoms with Gasteiger partial charge < -0.3 is 14.6 Å². The number of carbonyl (C=O) groups is 1. The van der Waals surface area contributed by atoms with Crippen LogP contribution in [0.25, 0.3) is 10.7 Å². The van der Waals surface area contributed by atoms with Crippen molar-refractivity contribution in [1.29, 1.82) is 0 Å². The third-order valence-corrected chi connectivity index (χ3v) is 5.28. The zero-order valence-corrected chi connectivity index (χ0v) is 17.1. The third-order valence-electron chi connectivity index (χ3n) is 4.21. The molecule has 148 valence electrons. The predicted octanol–water partition coefficient (Wildman–Crippen LogP) is 4.20. The number of rotatable bonds is 5. The fourth-order valence-corrected chi connectivity index (χ4v) is 3.96. The second kappa shape index (κ2) is 8.84. The minimum absolute atomic E-state index is 0.147. The van der Waals surface area contributed by atoms with Crippen molar-refractivity contribution in [2.24, 2.45) is 0 Å². The van der Waals surface area contributed by atoms with Gasteiger partial charge in [-0.2, -0.15) is 4.98 Å². The van der Waals surface area contributed by atoms with Crippen molar-refractivity contribution in [3.63, 3.8) is 0 Å². The van der Waals surface area contributed by atoms with Gasteiger partial charge in [0.05, 0.1) is 4.88 Å². The van der Waals surface area contributed by atoms with Gasteiger partial charge in [-0.3, -0.25) is 4.90 Å². The van der Waals surface area contributed by atoms with Crippen molar-refractivity contribution in [3.05, 3.63) is 22.9 Å². The Morgan fingerprint density at radius 1 is 1.26 bits per heavy atom. The van der Waals surface area contributed by atoms with E-state index < -0.39 is 11.7 Å². The van der Waals surface area contributed by atoms with Crippen LogP contribution in [0.2, 0.25) is 0 Å². The Hall–Kier alpha value is -1.93. The van der Waals surface area contributed by atoms with Crippen molar-refractivity contribution < 1.29 is 14.1 Å². The van der Waals surface area contributed by atoms with E-state index in [9.17, 15) is 4.79 Å². The number of thiophene rings is 1. The van der Waals surface area contributed by atoms with Crippen LogP contribution in [0.3, 0.4) is 0 Å². The molecule has 1 N–H and O–H groups in total. The molecule has 3 rings (SSSR count). The topological polar surface area (TPSA) is 80.5 Å². The SMILES string of the molecule is CC(C)(C)OC(=O)NCc1nc(-c2ccc(CN3CCCCCC3)s2)no1. The van der Waals surface area contributed by atoms with Gasteiger partial charge in [0, 0.05) is 11.4 Å². The highest BCUT2D eigenvalue weighted by atomic mass is 32.1. The first-order chi connectivity index (χ1) is 12.9. The van der Waals surface area contributed by atoms with E-state index in [2.05, 4.69) is 26.4 Å². The number of nitrogens with one attached hydrogen (secondary N) is 1. The molecule has 7 nitrogen and oxygen atoms in total. The van der Waals surface area contributed by atoms with Gasteiger partial charge in [0.25, 0.3) is 0 Å². The maximum Gasteiger partial charge on any atom is 0.408 e. The number of aromatic nitrogens is 2. The molecule has 0 unspecified atom stereocenters. The van der Waals surface area contributed by atoms with Crippen LogP contribution in [0, 0.1) is 0 Å². The Bertz CT molecular complexity index is 742. The van der Waals surface area contributed by atoms with Gasteiger partial charge in [-0.1, -0.05) is 18.0 Å². The van der Waals surface area contributed by atoms with E-state index in [1.54, 1.807) is 11.3 Å². The molecular formula is C19H28N4O3S. The molecule has 1 saturated heterocycles.